The van der Waals surface area contributed by atoms with Gasteiger partial charge in [0.1, 0.15) is 0 Å². The summed E-state index contributed by atoms with van der Waals surface area (Å²) in [5, 5.41) is 15.7. The lowest BCUT2D eigenvalue weighted by molar-refractivity contribution is 1.67. The summed E-state index contributed by atoms with van der Waals surface area (Å²) in [6, 6.07) is 53.9. The van der Waals surface area contributed by atoms with Crippen molar-refractivity contribution in [2.45, 2.75) is 0 Å². The summed E-state index contributed by atoms with van der Waals surface area (Å²) < 4.78 is 0. The van der Waals surface area contributed by atoms with Crippen LogP contribution in [0.15, 0.2) is 146 Å². The van der Waals surface area contributed by atoms with Gasteiger partial charge in [-0.15, -0.1) is 0 Å². The van der Waals surface area contributed by atoms with Crippen LogP contribution < -0.4 is 0 Å². The van der Waals surface area contributed by atoms with Crippen LogP contribution in [0.25, 0.3) is 86.9 Å². The number of hydrogen-bond acceptors (Lipinski definition) is 0. The van der Waals surface area contributed by atoms with Crippen LogP contribution in [0, 0.1) is 0 Å². The zero-order valence-corrected chi connectivity index (χ0v) is 21.9. The van der Waals surface area contributed by atoms with Crippen LogP contribution in [-0.2, 0) is 0 Å². The van der Waals surface area contributed by atoms with Crippen LogP contribution in [0.2, 0.25) is 0 Å². The van der Waals surface area contributed by atoms with Gasteiger partial charge in [0.15, 0.2) is 0 Å². The largest absolute Gasteiger partial charge is 0.0616 e. The summed E-state index contributed by atoms with van der Waals surface area (Å²) in [5.74, 6) is 0. The molecule has 184 valence electrons. The van der Waals surface area contributed by atoms with Crippen molar-refractivity contribution in [3.63, 3.8) is 0 Å². The summed E-state index contributed by atoms with van der Waals surface area (Å²) >= 11 is 0. The van der Waals surface area contributed by atoms with E-state index in [4.69, 9.17) is 0 Å². The Kier molecular flexibility index (Phi) is 4.42. The molecule has 0 saturated carbocycles. The minimum absolute atomic E-state index is 1.25. The first kappa shape index (κ1) is 21.7. The molecule has 0 saturated heterocycles. The van der Waals surface area contributed by atoms with E-state index in [1.807, 2.05) is 0 Å². The van der Waals surface area contributed by atoms with Gasteiger partial charge < -0.3 is 0 Å². The Labute approximate surface area is 232 Å². The van der Waals surface area contributed by atoms with Gasteiger partial charge >= 0.3 is 0 Å². The highest BCUT2D eigenvalue weighted by molar-refractivity contribution is 6.25. The lowest BCUT2D eigenvalue weighted by Gasteiger charge is -2.15. The van der Waals surface area contributed by atoms with Crippen LogP contribution >= 0.6 is 0 Å². The fraction of sp³-hybridized carbons (Fsp3) is 0. The molecule has 0 aliphatic carbocycles. The van der Waals surface area contributed by atoms with Crippen molar-refractivity contribution in [1.82, 2.24) is 0 Å². The third-order valence-corrected chi connectivity index (χ3v) is 8.78. The average Bonchev–Trinajstić information content (AvgIpc) is 3.02. The highest BCUT2D eigenvalue weighted by Gasteiger charge is 2.13. The van der Waals surface area contributed by atoms with Crippen LogP contribution in [0.3, 0.4) is 0 Å². The van der Waals surface area contributed by atoms with Gasteiger partial charge in [0.05, 0.1) is 0 Å². The SMILES string of the molecule is c1cc(-c2ccc3c(ccc4ccccc43)c2)c2ccc(-c3ccc4ccc5cccc6ccc3c4c56)cc2c1. The fourth-order valence-corrected chi connectivity index (χ4v) is 6.87. The second-order valence-corrected chi connectivity index (χ2v) is 10.9. The zero-order chi connectivity index (χ0) is 26.2. The molecule has 0 heterocycles. The Morgan fingerprint density at radius 1 is 0.250 bits per heavy atom. The van der Waals surface area contributed by atoms with E-state index in [1.165, 1.54) is 86.9 Å². The van der Waals surface area contributed by atoms with E-state index in [1.54, 1.807) is 0 Å². The molecule has 0 fully saturated rings. The van der Waals surface area contributed by atoms with E-state index in [0.717, 1.165) is 0 Å². The molecular weight excluding hydrogens is 480 g/mol. The molecule has 0 radical (unpaired) electrons. The van der Waals surface area contributed by atoms with E-state index >= 15 is 0 Å². The lowest BCUT2D eigenvalue weighted by atomic mass is 9.88. The Morgan fingerprint density at radius 3 is 1.60 bits per heavy atom. The molecule has 0 heteroatoms. The topological polar surface area (TPSA) is 0 Å². The molecule has 0 unspecified atom stereocenters. The first-order valence-electron chi connectivity index (χ1n) is 13.9. The van der Waals surface area contributed by atoms with Crippen molar-refractivity contribution in [1.29, 1.82) is 0 Å². The molecule has 0 bridgehead atoms. The van der Waals surface area contributed by atoms with E-state index in [-0.39, 0.29) is 0 Å². The number of benzene rings is 9. The van der Waals surface area contributed by atoms with Gasteiger partial charge in [-0.2, -0.15) is 0 Å². The van der Waals surface area contributed by atoms with E-state index < -0.39 is 0 Å². The highest BCUT2D eigenvalue weighted by Crippen LogP contribution is 2.41. The molecule has 0 amide bonds. The standard InChI is InChI=1S/C40H24/c1-2-9-33-25(5-1)11-14-30-24-31(17-21-36(30)33)34-10-4-8-29-23-32(18-20-35(29)34)37-19-15-28-13-12-26-6-3-7-27-16-22-38(37)40(28)39(26)27/h1-24H. The van der Waals surface area contributed by atoms with Crippen molar-refractivity contribution in [3.8, 4) is 22.3 Å². The maximum absolute atomic E-state index is 2.36. The van der Waals surface area contributed by atoms with Gasteiger partial charge in [0.25, 0.3) is 0 Å². The van der Waals surface area contributed by atoms with Crippen LogP contribution in [0.5, 0.6) is 0 Å². The minimum atomic E-state index is 1.25. The van der Waals surface area contributed by atoms with Gasteiger partial charge in [0, 0.05) is 0 Å². The van der Waals surface area contributed by atoms with Crippen LogP contribution in [0.4, 0.5) is 0 Å². The minimum Gasteiger partial charge on any atom is -0.0616 e. The monoisotopic (exact) mass is 504 g/mol. The molecule has 0 N–H and O–H groups in total. The van der Waals surface area contributed by atoms with Crippen molar-refractivity contribution in [3.05, 3.63) is 146 Å². The van der Waals surface area contributed by atoms with Crippen molar-refractivity contribution >= 4 is 64.6 Å². The zero-order valence-electron chi connectivity index (χ0n) is 21.9. The predicted molar refractivity (Wildman–Crippen MR) is 174 cm³/mol. The normalized spacial score (nSPS) is 12.0. The van der Waals surface area contributed by atoms with Gasteiger partial charge in [0.2, 0.25) is 0 Å². The maximum atomic E-state index is 2.36. The molecule has 9 aromatic rings. The van der Waals surface area contributed by atoms with Gasteiger partial charge in [-0.1, -0.05) is 133 Å². The first-order valence-corrected chi connectivity index (χ1v) is 13.9. The molecule has 9 rings (SSSR count). The number of fused-ring (bicyclic) bond motifs is 4. The summed E-state index contributed by atoms with van der Waals surface area (Å²) in [6.45, 7) is 0. The number of hydrogen-bond donors (Lipinski definition) is 0. The second-order valence-electron chi connectivity index (χ2n) is 10.9. The highest BCUT2D eigenvalue weighted by atomic mass is 14.2. The number of rotatable bonds is 2. The van der Waals surface area contributed by atoms with E-state index in [9.17, 15) is 0 Å². The Hall–Kier alpha value is -5.20. The van der Waals surface area contributed by atoms with Crippen molar-refractivity contribution < 1.29 is 0 Å². The van der Waals surface area contributed by atoms with Gasteiger partial charge in [-0.25, -0.2) is 0 Å². The molecule has 0 aliphatic heterocycles. The van der Waals surface area contributed by atoms with Crippen LogP contribution in [-0.4, -0.2) is 0 Å². The van der Waals surface area contributed by atoms with E-state index in [0.29, 0.717) is 0 Å². The van der Waals surface area contributed by atoms with Crippen molar-refractivity contribution in [2.24, 2.45) is 0 Å². The molecule has 0 nitrogen and oxygen atoms in total. The Morgan fingerprint density at radius 2 is 0.750 bits per heavy atom. The summed E-state index contributed by atoms with van der Waals surface area (Å²) in [4.78, 5) is 0. The average molecular weight is 505 g/mol. The molecule has 9 aromatic carbocycles. The Balaban J connectivity index is 1.22. The van der Waals surface area contributed by atoms with Crippen molar-refractivity contribution in [2.75, 3.05) is 0 Å². The molecule has 0 atom stereocenters. The third kappa shape index (κ3) is 3.08. The van der Waals surface area contributed by atoms with E-state index in [2.05, 4.69) is 146 Å². The quantitative estimate of drug-likeness (QED) is 0.205. The lowest BCUT2D eigenvalue weighted by Crippen LogP contribution is -1.88. The molecule has 0 aromatic heterocycles. The molecular formula is C40H24. The third-order valence-electron chi connectivity index (χ3n) is 8.78. The smallest absolute Gasteiger partial charge is 0.00206 e. The van der Waals surface area contributed by atoms with Gasteiger partial charge in [-0.05, 0) is 99.0 Å². The van der Waals surface area contributed by atoms with Crippen LogP contribution in [0.1, 0.15) is 0 Å². The summed E-state index contributed by atoms with van der Waals surface area (Å²) in [5.41, 5.74) is 5.07. The Bertz CT molecular complexity index is 2410. The maximum Gasteiger partial charge on any atom is -0.00206 e. The molecule has 0 aliphatic rings. The molecule has 40 heavy (non-hydrogen) atoms. The predicted octanol–water partition coefficient (Wildman–Crippen LogP) is 11.4. The first-order chi connectivity index (χ1) is 19.8. The fourth-order valence-electron chi connectivity index (χ4n) is 6.87. The van der Waals surface area contributed by atoms with Gasteiger partial charge in [-0.3, -0.25) is 0 Å². The second kappa shape index (κ2) is 8.15. The molecule has 0 spiro atoms. The summed E-state index contributed by atoms with van der Waals surface area (Å²) in [6.07, 6.45) is 0. The summed E-state index contributed by atoms with van der Waals surface area (Å²) in [7, 11) is 0.